The van der Waals surface area contributed by atoms with Gasteiger partial charge in [-0.2, -0.15) is 0 Å². The van der Waals surface area contributed by atoms with Gasteiger partial charge in [-0.15, -0.1) is 0 Å². The summed E-state index contributed by atoms with van der Waals surface area (Å²) in [5, 5.41) is 4.03. The van der Waals surface area contributed by atoms with Crippen LogP contribution < -0.4 is 11.1 Å². The van der Waals surface area contributed by atoms with E-state index in [1.54, 1.807) is 0 Å². The smallest absolute Gasteiger partial charge is 0.251 e. The average molecular weight is 279 g/mol. The first-order valence-corrected chi connectivity index (χ1v) is 6.89. The fourth-order valence-corrected chi connectivity index (χ4v) is 2.27. The lowest BCUT2D eigenvalue weighted by molar-refractivity contribution is 0.0951. The predicted molar refractivity (Wildman–Crippen MR) is 83.8 cm³/mol. The molecule has 2 aromatic carbocycles. The van der Waals surface area contributed by atoms with E-state index in [0.717, 1.165) is 22.0 Å². The number of carbonyl (C=O) groups excluding carboxylic acids is 1. The van der Waals surface area contributed by atoms with E-state index >= 15 is 0 Å². The Labute approximate surface area is 123 Å². The van der Waals surface area contributed by atoms with Gasteiger partial charge in [-0.3, -0.25) is 4.79 Å². The van der Waals surface area contributed by atoms with Crippen molar-refractivity contribution in [2.24, 2.45) is 5.73 Å². The predicted octanol–water partition coefficient (Wildman–Crippen LogP) is 2.56. The quantitative estimate of drug-likeness (QED) is 0.687. The number of benzene rings is 2. The summed E-state index contributed by atoms with van der Waals surface area (Å²) in [6, 6.07) is 15.5. The number of fused-ring (bicyclic) bond motifs is 1. The standard InChI is InChI=1S/C17H17N3O/c18-10-12-1-3-13(4-2-12)11-20-17(21)15-6-5-14-7-8-19-16(14)9-15/h1-9,19H,10-11,18H2,(H,20,21). The van der Waals surface area contributed by atoms with Crippen LogP contribution in [0, 0.1) is 0 Å². The molecule has 0 unspecified atom stereocenters. The van der Waals surface area contributed by atoms with E-state index in [9.17, 15) is 4.79 Å². The van der Waals surface area contributed by atoms with Crippen LogP contribution >= 0.6 is 0 Å². The van der Waals surface area contributed by atoms with Crippen molar-refractivity contribution >= 4 is 16.8 Å². The molecule has 3 rings (SSSR count). The monoisotopic (exact) mass is 279 g/mol. The molecule has 0 aliphatic rings. The maximum absolute atomic E-state index is 12.2. The summed E-state index contributed by atoms with van der Waals surface area (Å²) in [4.78, 5) is 15.3. The largest absolute Gasteiger partial charge is 0.361 e. The lowest BCUT2D eigenvalue weighted by Gasteiger charge is -2.06. The molecule has 0 bridgehead atoms. The molecule has 4 nitrogen and oxygen atoms in total. The SMILES string of the molecule is NCc1ccc(CNC(=O)c2ccc3cc[nH]c3c2)cc1. The van der Waals surface area contributed by atoms with Gasteiger partial charge in [0, 0.05) is 30.4 Å². The Balaban J connectivity index is 1.67. The third-order valence-electron chi connectivity index (χ3n) is 3.53. The van der Waals surface area contributed by atoms with Gasteiger partial charge in [-0.1, -0.05) is 30.3 Å². The number of H-pyrrole nitrogens is 1. The summed E-state index contributed by atoms with van der Waals surface area (Å²) < 4.78 is 0. The summed E-state index contributed by atoms with van der Waals surface area (Å²) in [6.07, 6.45) is 1.87. The number of nitrogens with two attached hydrogens (primary N) is 1. The second-order valence-electron chi connectivity index (χ2n) is 4.98. The highest BCUT2D eigenvalue weighted by Gasteiger charge is 2.06. The van der Waals surface area contributed by atoms with Gasteiger partial charge in [0.1, 0.15) is 0 Å². The van der Waals surface area contributed by atoms with Crippen molar-refractivity contribution in [3.05, 3.63) is 71.4 Å². The number of amides is 1. The van der Waals surface area contributed by atoms with Gasteiger partial charge in [-0.25, -0.2) is 0 Å². The van der Waals surface area contributed by atoms with Crippen LogP contribution in [0.1, 0.15) is 21.5 Å². The van der Waals surface area contributed by atoms with E-state index in [1.165, 1.54) is 0 Å². The normalized spacial score (nSPS) is 10.7. The molecular weight excluding hydrogens is 262 g/mol. The van der Waals surface area contributed by atoms with Gasteiger partial charge >= 0.3 is 0 Å². The van der Waals surface area contributed by atoms with Crippen molar-refractivity contribution in [2.75, 3.05) is 0 Å². The van der Waals surface area contributed by atoms with Crippen molar-refractivity contribution in [3.8, 4) is 0 Å². The van der Waals surface area contributed by atoms with Crippen LogP contribution in [0.25, 0.3) is 10.9 Å². The Morgan fingerprint density at radius 1 is 1.05 bits per heavy atom. The molecule has 0 fully saturated rings. The Hall–Kier alpha value is -2.59. The number of carbonyl (C=O) groups is 1. The molecule has 1 heterocycles. The first-order valence-electron chi connectivity index (χ1n) is 6.89. The van der Waals surface area contributed by atoms with Crippen molar-refractivity contribution in [1.29, 1.82) is 0 Å². The molecule has 1 aromatic heterocycles. The Bertz CT molecular complexity index is 759. The highest BCUT2D eigenvalue weighted by atomic mass is 16.1. The number of hydrogen-bond acceptors (Lipinski definition) is 2. The van der Waals surface area contributed by atoms with Crippen molar-refractivity contribution in [2.45, 2.75) is 13.1 Å². The molecule has 0 aliphatic carbocycles. The highest BCUT2D eigenvalue weighted by molar-refractivity contribution is 5.97. The zero-order chi connectivity index (χ0) is 14.7. The molecule has 0 saturated heterocycles. The number of aromatic nitrogens is 1. The molecule has 0 radical (unpaired) electrons. The zero-order valence-electron chi connectivity index (χ0n) is 11.6. The molecular formula is C17H17N3O. The topological polar surface area (TPSA) is 70.9 Å². The molecule has 4 N–H and O–H groups in total. The molecule has 0 atom stereocenters. The minimum Gasteiger partial charge on any atom is -0.361 e. The van der Waals surface area contributed by atoms with E-state index in [1.807, 2.05) is 54.7 Å². The van der Waals surface area contributed by atoms with Gasteiger partial charge in [0.2, 0.25) is 0 Å². The lowest BCUT2D eigenvalue weighted by atomic mass is 10.1. The molecule has 0 saturated carbocycles. The van der Waals surface area contributed by atoms with Crippen LogP contribution in [0.3, 0.4) is 0 Å². The van der Waals surface area contributed by atoms with Gasteiger partial charge in [-0.05, 0) is 34.7 Å². The van der Waals surface area contributed by atoms with Crippen LogP contribution in [0.5, 0.6) is 0 Å². The Morgan fingerprint density at radius 3 is 2.57 bits per heavy atom. The molecule has 21 heavy (non-hydrogen) atoms. The molecule has 0 aliphatic heterocycles. The number of aromatic amines is 1. The minimum absolute atomic E-state index is 0.0746. The molecule has 0 spiro atoms. The van der Waals surface area contributed by atoms with Gasteiger partial charge in [0.05, 0.1) is 0 Å². The Morgan fingerprint density at radius 2 is 1.81 bits per heavy atom. The van der Waals surface area contributed by atoms with Gasteiger partial charge < -0.3 is 16.0 Å². The fraction of sp³-hybridized carbons (Fsp3) is 0.118. The second-order valence-corrected chi connectivity index (χ2v) is 4.98. The average Bonchev–Trinajstić information content (AvgIpc) is 3.00. The van der Waals surface area contributed by atoms with E-state index in [4.69, 9.17) is 5.73 Å². The number of hydrogen-bond donors (Lipinski definition) is 3. The van der Waals surface area contributed by atoms with Crippen LogP contribution in [-0.2, 0) is 13.1 Å². The summed E-state index contributed by atoms with van der Waals surface area (Å²) in [6.45, 7) is 1.04. The third kappa shape index (κ3) is 2.95. The summed E-state index contributed by atoms with van der Waals surface area (Å²) in [7, 11) is 0. The summed E-state index contributed by atoms with van der Waals surface area (Å²) in [5.41, 5.74) is 9.33. The summed E-state index contributed by atoms with van der Waals surface area (Å²) >= 11 is 0. The van der Waals surface area contributed by atoms with E-state index in [0.29, 0.717) is 18.7 Å². The van der Waals surface area contributed by atoms with Gasteiger partial charge in [0.15, 0.2) is 0 Å². The zero-order valence-corrected chi connectivity index (χ0v) is 11.6. The van der Waals surface area contributed by atoms with Crippen molar-refractivity contribution in [3.63, 3.8) is 0 Å². The van der Waals surface area contributed by atoms with Crippen LogP contribution in [0.2, 0.25) is 0 Å². The van der Waals surface area contributed by atoms with Crippen LogP contribution in [-0.4, -0.2) is 10.9 Å². The van der Waals surface area contributed by atoms with Crippen molar-refractivity contribution in [1.82, 2.24) is 10.3 Å². The highest BCUT2D eigenvalue weighted by Crippen LogP contribution is 2.14. The molecule has 3 aromatic rings. The maximum atomic E-state index is 12.2. The first kappa shape index (κ1) is 13.4. The minimum atomic E-state index is -0.0746. The molecule has 106 valence electrons. The third-order valence-corrected chi connectivity index (χ3v) is 3.53. The van der Waals surface area contributed by atoms with Crippen molar-refractivity contribution < 1.29 is 4.79 Å². The number of rotatable bonds is 4. The Kier molecular flexibility index (Phi) is 3.71. The molecule has 1 amide bonds. The van der Waals surface area contributed by atoms with E-state index < -0.39 is 0 Å². The van der Waals surface area contributed by atoms with E-state index in [-0.39, 0.29) is 5.91 Å². The van der Waals surface area contributed by atoms with E-state index in [2.05, 4.69) is 10.3 Å². The van der Waals surface area contributed by atoms with Crippen LogP contribution in [0.15, 0.2) is 54.7 Å². The van der Waals surface area contributed by atoms with Crippen LogP contribution in [0.4, 0.5) is 0 Å². The summed E-state index contributed by atoms with van der Waals surface area (Å²) in [5.74, 6) is -0.0746. The molecule has 4 heteroatoms. The first-order chi connectivity index (χ1) is 10.3. The second kappa shape index (κ2) is 5.81. The van der Waals surface area contributed by atoms with Gasteiger partial charge in [0.25, 0.3) is 5.91 Å². The lowest BCUT2D eigenvalue weighted by Crippen LogP contribution is -2.22. The number of nitrogens with one attached hydrogen (secondary N) is 2. The fourth-order valence-electron chi connectivity index (χ4n) is 2.27. The maximum Gasteiger partial charge on any atom is 0.251 e.